The van der Waals surface area contributed by atoms with Crippen LogP contribution in [0.2, 0.25) is 0 Å². The van der Waals surface area contributed by atoms with E-state index in [9.17, 15) is 4.79 Å². The number of hydrogen-bond donors (Lipinski definition) is 1. The molecular weight excluding hydrogens is 298 g/mol. The first-order valence-electron chi connectivity index (χ1n) is 8.77. The Morgan fingerprint density at radius 1 is 1.04 bits per heavy atom. The van der Waals surface area contributed by atoms with Crippen LogP contribution in [0.25, 0.3) is 0 Å². The molecule has 4 nitrogen and oxygen atoms in total. The molecule has 1 aromatic heterocycles. The number of likely N-dealkylation sites (tertiary alicyclic amines) is 1. The smallest absolute Gasteiger partial charge is 0.272 e. The van der Waals surface area contributed by atoms with E-state index >= 15 is 0 Å². The number of nitrogens with zero attached hydrogens (tertiary/aromatic N) is 2. The van der Waals surface area contributed by atoms with Gasteiger partial charge in [-0.2, -0.15) is 0 Å². The predicted molar refractivity (Wildman–Crippen MR) is 97.1 cm³/mol. The van der Waals surface area contributed by atoms with Crippen LogP contribution in [0.1, 0.15) is 47.3 Å². The zero-order chi connectivity index (χ0) is 16.8. The van der Waals surface area contributed by atoms with Crippen molar-refractivity contribution < 1.29 is 4.79 Å². The first kappa shape index (κ1) is 16.5. The van der Waals surface area contributed by atoms with Gasteiger partial charge in [0.2, 0.25) is 0 Å². The summed E-state index contributed by atoms with van der Waals surface area (Å²) in [6, 6.07) is 12.2. The minimum atomic E-state index is 0.0574. The van der Waals surface area contributed by atoms with Crippen LogP contribution in [0.5, 0.6) is 0 Å². The second-order valence-electron chi connectivity index (χ2n) is 6.48. The summed E-state index contributed by atoms with van der Waals surface area (Å²) in [5, 5.41) is 3.35. The molecule has 0 unspecified atom stereocenters. The summed E-state index contributed by atoms with van der Waals surface area (Å²) in [5.74, 6) is 0.0574. The Bertz CT molecular complexity index is 656. The molecule has 1 saturated heterocycles. The van der Waals surface area contributed by atoms with E-state index < -0.39 is 0 Å². The fraction of sp³-hybridized carbons (Fsp3) is 0.400. The molecule has 1 aliphatic heterocycles. The number of hydrogen-bond acceptors (Lipinski definition) is 3. The highest BCUT2D eigenvalue weighted by molar-refractivity contribution is 5.92. The van der Waals surface area contributed by atoms with Crippen LogP contribution in [-0.2, 0) is 6.54 Å². The van der Waals surface area contributed by atoms with Crippen molar-refractivity contribution in [3.05, 3.63) is 59.4 Å². The lowest BCUT2D eigenvalue weighted by molar-refractivity contribution is 0.0756. The molecule has 0 spiro atoms. The number of nitrogens with one attached hydrogen (secondary N) is 1. The maximum atomic E-state index is 12.5. The molecule has 4 heteroatoms. The maximum absolute atomic E-state index is 12.5. The number of anilines is 1. The summed E-state index contributed by atoms with van der Waals surface area (Å²) >= 11 is 0. The molecule has 0 radical (unpaired) electrons. The lowest BCUT2D eigenvalue weighted by atomic mass is 10.1. The van der Waals surface area contributed by atoms with Crippen LogP contribution in [0.3, 0.4) is 0 Å². The number of benzene rings is 1. The molecule has 1 N–H and O–H groups in total. The van der Waals surface area contributed by atoms with E-state index in [1.165, 1.54) is 24.0 Å². The highest BCUT2D eigenvalue weighted by Crippen LogP contribution is 2.14. The van der Waals surface area contributed by atoms with Gasteiger partial charge in [0.25, 0.3) is 5.91 Å². The SMILES string of the molecule is Cc1ccc(CNc2ccc(C(=O)N3CCCCCC3)nc2)cc1. The Labute approximate surface area is 143 Å². The van der Waals surface area contributed by atoms with E-state index in [2.05, 4.69) is 41.5 Å². The van der Waals surface area contributed by atoms with E-state index in [0.29, 0.717) is 5.69 Å². The van der Waals surface area contributed by atoms with E-state index in [0.717, 1.165) is 38.2 Å². The molecule has 1 amide bonds. The van der Waals surface area contributed by atoms with Gasteiger partial charge in [-0.1, -0.05) is 42.7 Å². The molecule has 24 heavy (non-hydrogen) atoms. The van der Waals surface area contributed by atoms with Crippen LogP contribution in [0.4, 0.5) is 5.69 Å². The number of carbonyl (C=O) groups excluding carboxylic acids is 1. The molecule has 3 rings (SSSR count). The molecule has 0 bridgehead atoms. The van der Waals surface area contributed by atoms with Crippen molar-refractivity contribution in [1.82, 2.24) is 9.88 Å². The zero-order valence-electron chi connectivity index (χ0n) is 14.3. The standard InChI is InChI=1S/C20H25N3O/c1-16-6-8-17(9-7-16)14-21-18-10-11-19(22-15-18)20(24)23-12-4-2-3-5-13-23/h6-11,15,21H,2-5,12-14H2,1H3. The number of amides is 1. The first-order valence-corrected chi connectivity index (χ1v) is 8.77. The summed E-state index contributed by atoms with van der Waals surface area (Å²) in [7, 11) is 0. The maximum Gasteiger partial charge on any atom is 0.272 e. The highest BCUT2D eigenvalue weighted by Gasteiger charge is 2.18. The number of pyridine rings is 1. The van der Waals surface area contributed by atoms with E-state index in [1.54, 1.807) is 6.20 Å². The monoisotopic (exact) mass is 323 g/mol. The minimum absolute atomic E-state index is 0.0574. The Balaban J connectivity index is 1.58. The average molecular weight is 323 g/mol. The molecule has 1 aromatic carbocycles. The molecule has 1 aliphatic rings. The fourth-order valence-electron chi connectivity index (χ4n) is 2.97. The fourth-order valence-corrected chi connectivity index (χ4v) is 2.97. The van der Waals surface area contributed by atoms with Gasteiger partial charge in [-0.25, -0.2) is 4.98 Å². The number of carbonyl (C=O) groups is 1. The number of rotatable bonds is 4. The third-order valence-corrected chi connectivity index (χ3v) is 4.49. The summed E-state index contributed by atoms with van der Waals surface area (Å²) in [4.78, 5) is 18.8. The van der Waals surface area contributed by atoms with Crippen molar-refractivity contribution in [2.45, 2.75) is 39.2 Å². The van der Waals surface area contributed by atoms with Crippen LogP contribution in [0.15, 0.2) is 42.6 Å². The third-order valence-electron chi connectivity index (χ3n) is 4.49. The molecule has 2 heterocycles. The summed E-state index contributed by atoms with van der Waals surface area (Å²) < 4.78 is 0. The summed E-state index contributed by atoms with van der Waals surface area (Å²) in [6.07, 6.45) is 6.39. The van der Waals surface area contributed by atoms with Gasteiger partial charge in [-0.3, -0.25) is 4.79 Å². The zero-order valence-corrected chi connectivity index (χ0v) is 14.3. The number of aryl methyl sites for hydroxylation is 1. The second-order valence-corrected chi connectivity index (χ2v) is 6.48. The Hall–Kier alpha value is -2.36. The minimum Gasteiger partial charge on any atom is -0.380 e. The van der Waals surface area contributed by atoms with Gasteiger partial charge in [-0.05, 0) is 37.5 Å². The molecule has 2 aromatic rings. The number of aromatic nitrogens is 1. The lowest BCUT2D eigenvalue weighted by Crippen LogP contribution is -2.32. The van der Waals surface area contributed by atoms with Crippen molar-refractivity contribution in [2.24, 2.45) is 0 Å². The lowest BCUT2D eigenvalue weighted by Gasteiger charge is -2.19. The normalized spacial score (nSPS) is 15.0. The van der Waals surface area contributed by atoms with Gasteiger partial charge >= 0.3 is 0 Å². The largest absolute Gasteiger partial charge is 0.380 e. The van der Waals surface area contributed by atoms with Gasteiger partial charge in [0, 0.05) is 19.6 Å². The summed E-state index contributed by atoms with van der Waals surface area (Å²) in [5.41, 5.74) is 3.96. The van der Waals surface area contributed by atoms with Crippen molar-refractivity contribution in [2.75, 3.05) is 18.4 Å². The predicted octanol–water partition coefficient (Wildman–Crippen LogP) is 4.02. The molecule has 1 fully saturated rings. The van der Waals surface area contributed by atoms with E-state index in [4.69, 9.17) is 0 Å². The quantitative estimate of drug-likeness (QED) is 0.924. The van der Waals surface area contributed by atoms with Crippen LogP contribution in [0, 0.1) is 6.92 Å². The molecule has 126 valence electrons. The average Bonchev–Trinajstić information content (AvgIpc) is 2.90. The molecular formula is C20H25N3O. The third kappa shape index (κ3) is 4.34. The first-order chi connectivity index (χ1) is 11.7. The topological polar surface area (TPSA) is 45.2 Å². The van der Waals surface area contributed by atoms with Gasteiger partial charge in [0.1, 0.15) is 5.69 Å². The van der Waals surface area contributed by atoms with Crippen molar-refractivity contribution in [3.63, 3.8) is 0 Å². The van der Waals surface area contributed by atoms with Crippen molar-refractivity contribution in [1.29, 1.82) is 0 Å². The van der Waals surface area contributed by atoms with Gasteiger partial charge in [-0.15, -0.1) is 0 Å². The van der Waals surface area contributed by atoms with Crippen LogP contribution < -0.4 is 5.32 Å². The highest BCUT2D eigenvalue weighted by atomic mass is 16.2. The van der Waals surface area contributed by atoms with Crippen molar-refractivity contribution >= 4 is 11.6 Å². The molecule has 0 aliphatic carbocycles. The van der Waals surface area contributed by atoms with E-state index in [1.807, 2.05) is 17.0 Å². The van der Waals surface area contributed by atoms with Gasteiger partial charge in [0.15, 0.2) is 0 Å². The Morgan fingerprint density at radius 3 is 2.38 bits per heavy atom. The Morgan fingerprint density at radius 2 is 1.75 bits per heavy atom. The van der Waals surface area contributed by atoms with Gasteiger partial charge < -0.3 is 10.2 Å². The van der Waals surface area contributed by atoms with Crippen LogP contribution >= 0.6 is 0 Å². The van der Waals surface area contributed by atoms with Crippen LogP contribution in [-0.4, -0.2) is 28.9 Å². The van der Waals surface area contributed by atoms with Crippen molar-refractivity contribution in [3.8, 4) is 0 Å². The second kappa shape index (κ2) is 7.95. The Kier molecular flexibility index (Phi) is 5.47. The molecule has 0 atom stereocenters. The summed E-state index contributed by atoms with van der Waals surface area (Å²) in [6.45, 7) is 4.55. The molecule has 0 saturated carbocycles. The van der Waals surface area contributed by atoms with Gasteiger partial charge in [0.05, 0.1) is 11.9 Å². The van der Waals surface area contributed by atoms with E-state index in [-0.39, 0.29) is 5.91 Å².